The quantitative estimate of drug-likeness (QED) is 0.133. The monoisotopic (exact) mass is 948 g/mol. The van der Waals surface area contributed by atoms with Gasteiger partial charge in [-0.15, -0.1) is 11.3 Å². The van der Waals surface area contributed by atoms with Crippen LogP contribution in [0.5, 0.6) is 0 Å². The molecule has 4 N–H and O–H groups in total. The van der Waals surface area contributed by atoms with Gasteiger partial charge in [-0.05, 0) is 72.9 Å². The van der Waals surface area contributed by atoms with Crippen molar-refractivity contribution in [3.8, 4) is 11.1 Å². The number of hydrogen-bond acceptors (Lipinski definition) is 12. The number of anilines is 4. The van der Waals surface area contributed by atoms with Crippen molar-refractivity contribution < 1.29 is 42.3 Å². The van der Waals surface area contributed by atoms with Crippen LogP contribution in [0.4, 0.5) is 35.4 Å². The Kier molecular flexibility index (Phi) is 10.8. The minimum Gasteiger partial charge on any atom is -0.389 e. The van der Waals surface area contributed by atoms with Gasteiger partial charge < -0.3 is 30.0 Å². The first-order valence-corrected chi connectivity index (χ1v) is 23.6. The summed E-state index contributed by atoms with van der Waals surface area (Å²) in [6.07, 6.45) is 3.02. The molecule has 11 rings (SSSR count). The van der Waals surface area contributed by atoms with Gasteiger partial charge in [0.25, 0.3) is 11.8 Å². The Morgan fingerprint density at radius 3 is 2.46 bits per heavy atom. The van der Waals surface area contributed by atoms with E-state index in [1.54, 1.807) is 28.5 Å². The Hall–Kier alpha value is -6.80. The predicted molar refractivity (Wildman–Crippen MR) is 244 cm³/mol. The number of piperidine rings is 2. The molecule has 0 radical (unpaired) electrons. The fraction of sp³-hybridized carbons (Fsp3) is 0.396. The van der Waals surface area contributed by atoms with Crippen LogP contribution in [0.15, 0.2) is 72.4 Å². The Morgan fingerprint density at radius 1 is 0.956 bits per heavy atom. The van der Waals surface area contributed by atoms with Crippen molar-refractivity contribution in [3.63, 3.8) is 0 Å². The van der Waals surface area contributed by atoms with E-state index in [0.29, 0.717) is 84.3 Å². The number of aliphatic hydroxyl groups is 1. The number of likely N-dealkylation sites (tertiary alicyclic amines) is 1. The van der Waals surface area contributed by atoms with E-state index < -0.39 is 53.2 Å². The highest BCUT2D eigenvalue weighted by molar-refractivity contribution is 7.13. The molecule has 16 nitrogen and oxygen atoms in total. The number of carbonyl (C=O) groups is 5. The number of hydrogen-bond donors (Lipinski definition) is 4. The molecule has 0 bridgehead atoms. The topological polar surface area (TPSA) is 185 Å². The number of alkyl halides is 1. The summed E-state index contributed by atoms with van der Waals surface area (Å²) in [5.41, 5.74) is 2.94. The lowest BCUT2D eigenvalue weighted by molar-refractivity contribution is -0.151. The van der Waals surface area contributed by atoms with E-state index in [1.807, 2.05) is 29.2 Å². The van der Waals surface area contributed by atoms with Gasteiger partial charge in [0.15, 0.2) is 5.13 Å². The maximum absolute atomic E-state index is 16.0. The Labute approximate surface area is 392 Å². The van der Waals surface area contributed by atoms with E-state index in [4.69, 9.17) is 0 Å². The number of rotatable bonds is 11. The van der Waals surface area contributed by atoms with Gasteiger partial charge in [0, 0.05) is 103 Å². The molecule has 68 heavy (non-hydrogen) atoms. The summed E-state index contributed by atoms with van der Waals surface area (Å²) in [5.74, 6) is -3.01. The van der Waals surface area contributed by atoms with Crippen LogP contribution in [0.2, 0.25) is 0 Å². The van der Waals surface area contributed by atoms with Gasteiger partial charge in [0.2, 0.25) is 17.7 Å². The van der Waals surface area contributed by atoms with Crippen molar-refractivity contribution in [3.05, 3.63) is 106 Å². The van der Waals surface area contributed by atoms with Gasteiger partial charge in [-0.2, -0.15) is 5.10 Å². The first kappa shape index (κ1) is 43.8. The summed E-state index contributed by atoms with van der Waals surface area (Å²) < 4.78 is 47.2. The number of nitrogens with zero attached hydrogens (tertiary/aromatic N) is 7. The molecule has 1 unspecified atom stereocenters. The van der Waals surface area contributed by atoms with Crippen LogP contribution in [0.3, 0.4) is 0 Å². The highest BCUT2D eigenvalue weighted by Crippen LogP contribution is 2.44. The van der Waals surface area contributed by atoms with Crippen LogP contribution in [-0.2, 0) is 38.7 Å². The molecule has 4 saturated heterocycles. The summed E-state index contributed by atoms with van der Waals surface area (Å²) in [6.45, 7) is 3.27. The fourth-order valence-electron chi connectivity index (χ4n) is 10.7. The lowest BCUT2D eigenvalue weighted by Gasteiger charge is -2.61. The third kappa shape index (κ3) is 8.01. The van der Waals surface area contributed by atoms with Crippen molar-refractivity contribution in [2.45, 2.75) is 75.5 Å². The van der Waals surface area contributed by atoms with Crippen LogP contribution in [0, 0.1) is 17.0 Å². The number of fused-ring (bicyclic) bond motifs is 2. The van der Waals surface area contributed by atoms with Gasteiger partial charge in [-0.25, -0.2) is 18.2 Å². The van der Waals surface area contributed by atoms with Crippen molar-refractivity contribution in [2.75, 3.05) is 59.7 Å². The third-order valence-corrected chi connectivity index (χ3v) is 15.1. The molecule has 5 amide bonds. The van der Waals surface area contributed by atoms with E-state index in [-0.39, 0.29) is 60.7 Å². The van der Waals surface area contributed by atoms with E-state index in [1.165, 1.54) is 45.4 Å². The van der Waals surface area contributed by atoms with Crippen molar-refractivity contribution >= 4 is 63.1 Å². The van der Waals surface area contributed by atoms with Crippen molar-refractivity contribution in [2.24, 2.45) is 5.41 Å². The molecule has 20 heteroatoms. The largest absolute Gasteiger partial charge is 0.389 e. The minimum absolute atomic E-state index is 0.0110. The second-order valence-electron chi connectivity index (χ2n) is 19.0. The maximum atomic E-state index is 16.0. The zero-order valence-corrected chi connectivity index (χ0v) is 37.5. The lowest BCUT2D eigenvalue weighted by atomic mass is 9.72. The van der Waals surface area contributed by atoms with E-state index >= 15 is 8.78 Å². The average molecular weight is 949 g/mol. The number of thiazole rings is 1. The molecule has 6 aliphatic heterocycles. The number of aromatic nitrogens is 3. The van der Waals surface area contributed by atoms with Crippen LogP contribution < -0.4 is 25.8 Å². The van der Waals surface area contributed by atoms with Gasteiger partial charge in [0.1, 0.15) is 29.9 Å². The fourth-order valence-corrected chi connectivity index (χ4v) is 11.3. The normalized spacial score (nSPS) is 21.8. The molecular weight excluding hydrogens is 902 g/mol. The Bertz CT molecular complexity index is 2860. The number of amides is 5. The summed E-state index contributed by atoms with van der Waals surface area (Å²) in [4.78, 5) is 76.3. The molecule has 8 heterocycles. The predicted octanol–water partition coefficient (Wildman–Crippen LogP) is 4.80. The average Bonchev–Trinajstić information content (AvgIpc) is 4.08. The minimum atomic E-state index is -1.20. The first-order chi connectivity index (χ1) is 32.7. The number of benzene rings is 3. The Balaban J connectivity index is 0.678. The number of halogens is 3. The highest BCUT2D eigenvalue weighted by atomic mass is 32.1. The van der Waals surface area contributed by atoms with E-state index in [9.17, 15) is 33.5 Å². The highest BCUT2D eigenvalue weighted by Gasteiger charge is 2.54. The van der Waals surface area contributed by atoms with Gasteiger partial charge >= 0.3 is 0 Å². The first-order valence-electron chi connectivity index (χ1n) is 22.7. The standard InChI is InChI=1S/C48H47F3N10O6S/c49-29-17-39-33(20-53-61(39)21-29)42(44(65)56-46-52-11-14-68-46)60-22-34-32(45(60)66)15-28(16-35(34)50)27-1-4-31(5-2-27)58-23-47(24-58)25-59(26-47)41(63)19-48(67)9-12-57(13-10-48)38-7-3-30(18-36(38)51)54-37-6-8-40(62)55-43(37)64/h1-5,7,11,14-16,18,20,29,37,42,54,67H,6,8-10,12-13,17,19,21-26H2,(H,52,56,65)(H,55,62,64)/t29-,37-,42?/m1/s1. The molecule has 0 saturated carbocycles. The number of nitrogens with one attached hydrogen (secondary N) is 3. The summed E-state index contributed by atoms with van der Waals surface area (Å²) in [6, 6.07) is 13.5. The van der Waals surface area contributed by atoms with Crippen LogP contribution in [0.1, 0.15) is 65.3 Å². The van der Waals surface area contributed by atoms with E-state index in [0.717, 1.165) is 18.8 Å². The van der Waals surface area contributed by atoms with Crippen molar-refractivity contribution in [1.29, 1.82) is 0 Å². The summed E-state index contributed by atoms with van der Waals surface area (Å²) in [7, 11) is 0. The SMILES string of the molecule is O=C1CC[C@@H](Nc2ccc(N3CCC(O)(CC(=O)N4CC5(C4)CN(c4ccc(-c6cc(F)c7c(c6)C(=O)N(C(C(=O)Nc6nccs6)c6cnn8c6C[C@@H](F)C8)C7)cc4)C5)CC3)c(F)c2)C(=O)N1. The maximum Gasteiger partial charge on any atom is 0.255 e. The van der Waals surface area contributed by atoms with Crippen LogP contribution >= 0.6 is 11.3 Å². The zero-order valence-electron chi connectivity index (χ0n) is 36.7. The second-order valence-corrected chi connectivity index (χ2v) is 19.9. The molecule has 1 spiro atoms. The van der Waals surface area contributed by atoms with E-state index in [2.05, 4.69) is 30.9 Å². The molecule has 4 fully saturated rings. The molecule has 6 aliphatic rings. The second kappa shape index (κ2) is 16.8. The lowest BCUT2D eigenvalue weighted by Crippen LogP contribution is -2.73. The molecule has 0 aliphatic carbocycles. The van der Waals surface area contributed by atoms with Crippen LogP contribution in [0.25, 0.3) is 11.1 Å². The van der Waals surface area contributed by atoms with Crippen LogP contribution in [-0.4, -0.2) is 116 Å². The summed E-state index contributed by atoms with van der Waals surface area (Å²) in [5, 5.41) is 25.8. The summed E-state index contributed by atoms with van der Waals surface area (Å²) >= 11 is 1.21. The molecule has 3 aromatic carbocycles. The zero-order chi connectivity index (χ0) is 47.1. The number of carbonyl (C=O) groups excluding carboxylic acids is 5. The van der Waals surface area contributed by atoms with Gasteiger partial charge in [-0.1, -0.05) is 12.1 Å². The number of imide groups is 1. The molecule has 3 atom stereocenters. The van der Waals surface area contributed by atoms with Gasteiger partial charge in [-0.3, -0.25) is 39.3 Å². The van der Waals surface area contributed by atoms with Gasteiger partial charge in [0.05, 0.1) is 37.0 Å². The molecule has 2 aromatic heterocycles. The third-order valence-electron chi connectivity index (χ3n) is 14.4. The smallest absolute Gasteiger partial charge is 0.255 e. The molecular formula is C48H47F3N10O6S. The molecule has 5 aromatic rings. The van der Waals surface area contributed by atoms with Crippen molar-refractivity contribution in [1.82, 2.24) is 29.9 Å². The molecule has 352 valence electrons. The Morgan fingerprint density at radius 2 is 1.74 bits per heavy atom.